The van der Waals surface area contributed by atoms with Gasteiger partial charge in [0.1, 0.15) is 0 Å². The number of ether oxygens (including phenoxy) is 1. The molecule has 2 aliphatic heterocycles. The van der Waals surface area contributed by atoms with Crippen LogP contribution in [0.15, 0.2) is 0 Å². The van der Waals surface area contributed by atoms with E-state index in [-0.39, 0.29) is 5.60 Å². The van der Waals surface area contributed by atoms with E-state index in [0.29, 0.717) is 0 Å². The minimum atomic E-state index is 0.102. The summed E-state index contributed by atoms with van der Waals surface area (Å²) >= 11 is 0. The van der Waals surface area contributed by atoms with Crippen LogP contribution in [0.3, 0.4) is 0 Å². The van der Waals surface area contributed by atoms with E-state index in [1.807, 2.05) is 7.11 Å². The summed E-state index contributed by atoms with van der Waals surface area (Å²) in [5.41, 5.74) is 0.102. The van der Waals surface area contributed by atoms with Gasteiger partial charge in [-0.25, -0.2) is 0 Å². The van der Waals surface area contributed by atoms with Crippen molar-refractivity contribution in [1.82, 2.24) is 10.2 Å². The van der Waals surface area contributed by atoms with Crippen molar-refractivity contribution in [3.8, 4) is 0 Å². The largest absolute Gasteiger partial charge is 0.377 e. The van der Waals surface area contributed by atoms with Gasteiger partial charge in [0.2, 0.25) is 0 Å². The van der Waals surface area contributed by atoms with Crippen LogP contribution in [0.1, 0.15) is 45.4 Å². The van der Waals surface area contributed by atoms with Crippen molar-refractivity contribution in [2.45, 2.75) is 51.0 Å². The third kappa shape index (κ3) is 4.22. The van der Waals surface area contributed by atoms with Crippen molar-refractivity contribution in [1.29, 1.82) is 0 Å². The number of hydrogen-bond donors (Lipinski definition) is 1. The first-order valence-corrected chi connectivity index (χ1v) is 7.70. The molecule has 0 saturated carbocycles. The molecule has 2 unspecified atom stereocenters. The van der Waals surface area contributed by atoms with Crippen LogP contribution in [-0.2, 0) is 4.74 Å². The molecule has 1 N–H and O–H groups in total. The lowest BCUT2D eigenvalue weighted by Crippen LogP contribution is -2.47. The van der Waals surface area contributed by atoms with Crippen molar-refractivity contribution in [3.05, 3.63) is 0 Å². The highest BCUT2D eigenvalue weighted by Crippen LogP contribution is 2.24. The van der Waals surface area contributed by atoms with Crippen LogP contribution in [0.4, 0.5) is 0 Å². The molecule has 0 aromatic carbocycles. The van der Waals surface area contributed by atoms with Crippen LogP contribution >= 0.6 is 0 Å². The predicted molar refractivity (Wildman–Crippen MR) is 75.9 cm³/mol. The van der Waals surface area contributed by atoms with Crippen LogP contribution in [-0.4, -0.2) is 50.3 Å². The first-order valence-electron chi connectivity index (χ1n) is 7.70. The maximum absolute atomic E-state index is 5.65. The molecule has 3 nitrogen and oxygen atoms in total. The fraction of sp³-hybridized carbons (Fsp3) is 1.00. The summed E-state index contributed by atoms with van der Waals surface area (Å²) in [6.07, 6.45) is 8.06. The second-order valence-corrected chi connectivity index (χ2v) is 6.39. The molecule has 0 bridgehead atoms. The number of nitrogens with one attached hydrogen (secondary N) is 1. The Morgan fingerprint density at radius 2 is 2.28 bits per heavy atom. The van der Waals surface area contributed by atoms with E-state index in [0.717, 1.165) is 12.5 Å². The van der Waals surface area contributed by atoms with Gasteiger partial charge in [-0.1, -0.05) is 0 Å². The van der Waals surface area contributed by atoms with Gasteiger partial charge in [-0.3, -0.25) is 0 Å². The van der Waals surface area contributed by atoms with Crippen molar-refractivity contribution < 1.29 is 4.74 Å². The maximum Gasteiger partial charge on any atom is 0.0777 e. The standard InChI is InChI=1S/C15H30N2O/c1-15(18-2)8-5-11-17(13-15)10-4-7-14-6-3-9-16-12-14/h14,16H,3-13H2,1-2H3. The van der Waals surface area contributed by atoms with Crippen molar-refractivity contribution >= 4 is 0 Å². The van der Waals surface area contributed by atoms with E-state index in [4.69, 9.17) is 4.74 Å². The molecule has 0 amide bonds. The molecule has 2 atom stereocenters. The van der Waals surface area contributed by atoms with Gasteiger partial charge < -0.3 is 15.0 Å². The molecule has 0 aromatic heterocycles. The van der Waals surface area contributed by atoms with Crippen molar-refractivity contribution in [2.24, 2.45) is 5.92 Å². The van der Waals surface area contributed by atoms with Gasteiger partial charge in [-0.15, -0.1) is 0 Å². The average Bonchev–Trinajstić information content (AvgIpc) is 2.40. The molecule has 2 rings (SSSR count). The van der Waals surface area contributed by atoms with Crippen LogP contribution in [0.2, 0.25) is 0 Å². The number of methoxy groups -OCH3 is 1. The molecule has 106 valence electrons. The van der Waals surface area contributed by atoms with Gasteiger partial charge in [0.25, 0.3) is 0 Å². The third-order valence-electron chi connectivity index (χ3n) is 4.72. The number of hydrogen-bond acceptors (Lipinski definition) is 3. The summed E-state index contributed by atoms with van der Waals surface area (Å²) in [6, 6.07) is 0. The fourth-order valence-corrected chi connectivity index (χ4v) is 3.44. The fourth-order valence-electron chi connectivity index (χ4n) is 3.44. The first kappa shape index (κ1) is 14.3. The normalized spacial score (nSPS) is 34.7. The van der Waals surface area contributed by atoms with Gasteiger partial charge in [-0.2, -0.15) is 0 Å². The van der Waals surface area contributed by atoms with E-state index < -0.39 is 0 Å². The predicted octanol–water partition coefficient (Wildman–Crippen LogP) is 2.27. The van der Waals surface area contributed by atoms with Gasteiger partial charge >= 0.3 is 0 Å². The molecular formula is C15H30N2O. The Morgan fingerprint density at radius 3 is 3.00 bits per heavy atom. The molecule has 3 heteroatoms. The molecule has 0 radical (unpaired) electrons. The Kier molecular flexibility index (Phi) is 5.46. The van der Waals surface area contributed by atoms with Crippen molar-refractivity contribution in [2.75, 3.05) is 39.8 Å². The Labute approximate surface area is 112 Å². The smallest absolute Gasteiger partial charge is 0.0777 e. The Hall–Kier alpha value is -0.120. The summed E-state index contributed by atoms with van der Waals surface area (Å²) in [6.45, 7) is 8.37. The summed E-state index contributed by atoms with van der Waals surface area (Å²) in [5, 5.41) is 3.51. The van der Waals surface area contributed by atoms with Crippen molar-refractivity contribution in [3.63, 3.8) is 0 Å². The summed E-state index contributed by atoms with van der Waals surface area (Å²) in [4.78, 5) is 2.60. The molecule has 18 heavy (non-hydrogen) atoms. The number of nitrogens with zero attached hydrogens (tertiary/aromatic N) is 1. The molecule has 2 fully saturated rings. The highest BCUT2D eigenvalue weighted by Gasteiger charge is 2.30. The number of likely N-dealkylation sites (tertiary alicyclic amines) is 1. The quantitative estimate of drug-likeness (QED) is 0.814. The highest BCUT2D eigenvalue weighted by molar-refractivity contribution is 4.84. The van der Waals surface area contributed by atoms with Crippen LogP contribution in [0.25, 0.3) is 0 Å². The lowest BCUT2D eigenvalue weighted by molar-refractivity contribution is -0.0510. The third-order valence-corrected chi connectivity index (χ3v) is 4.72. The lowest BCUT2D eigenvalue weighted by atomic mass is 9.93. The number of rotatable bonds is 5. The lowest BCUT2D eigenvalue weighted by Gasteiger charge is -2.39. The zero-order valence-electron chi connectivity index (χ0n) is 12.2. The average molecular weight is 254 g/mol. The van der Waals surface area contributed by atoms with E-state index in [1.54, 1.807) is 0 Å². The molecule has 0 aliphatic carbocycles. The van der Waals surface area contributed by atoms with E-state index >= 15 is 0 Å². The Balaban J connectivity index is 1.63. The minimum absolute atomic E-state index is 0.102. The molecule has 2 aliphatic rings. The molecule has 0 spiro atoms. The zero-order chi connectivity index (χ0) is 12.8. The molecule has 2 heterocycles. The van der Waals surface area contributed by atoms with Crippen LogP contribution in [0, 0.1) is 5.92 Å². The summed E-state index contributed by atoms with van der Waals surface area (Å²) in [5.74, 6) is 0.928. The van der Waals surface area contributed by atoms with Crippen LogP contribution < -0.4 is 5.32 Å². The van der Waals surface area contributed by atoms with Gasteiger partial charge in [0.15, 0.2) is 0 Å². The SMILES string of the molecule is COC1(C)CCCN(CCCC2CCCNC2)C1. The molecule has 0 aromatic rings. The summed E-state index contributed by atoms with van der Waals surface area (Å²) < 4.78 is 5.65. The monoisotopic (exact) mass is 254 g/mol. The summed E-state index contributed by atoms with van der Waals surface area (Å²) in [7, 11) is 1.86. The first-order chi connectivity index (χ1) is 8.72. The van der Waals surface area contributed by atoms with Gasteiger partial charge in [-0.05, 0) is 77.5 Å². The minimum Gasteiger partial charge on any atom is -0.377 e. The van der Waals surface area contributed by atoms with E-state index in [2.05, 4.69) is 17.1 Å². The Morgan fingerprint density at radius 1 is 1.39 bits per heavy atom. The molecular weight excluding hydrogens is 224 g/mol. The second-order valence-electron chi connectivity index (χ2n) is 6.39. The van der Waals surface area contributed by atoms with Gasteiger partial charge in [0.05, 0.1) is 5.60 Å². The highest BCUT2D eigenvalue weighted by atomic mass is 16.5. The Bertz CT molecular complexity index is 241. The van der Waals surface area contributed by atoms with E-state index in [1.165, 1.54) is 64.7 Å². The zero-order valence-corrected chi connectivity index (χ0v) is 12.2. The number of piperidine rings is 2. The second kappa shape index (κ2) is 6.88. The molecule has 2 saturated heterocycles. The van der Waals surface area contributed by atoms with Gasteiger partial charge in [0, 0.05) is 13.7 Å². The topological polar surface area (TPSA) is 24.5 Å². The maximum atomic E-state index is 5.65. The van der Waals surface area contributed by atoms with Crippen LogP contribution in [0.5, 0.6) is 0 Å². The van der Waals surface area contributed by atoms with E-state index in [9.17, 15) is 0 Å².